The summed E-state index contributed by atoms with van der Waals surface area (Å²) < 4.78 is 6.18. The molecule has 1 unspecified atom stereocenters. The molecule has 0 aliphatic carbocycles. The molecule has 8 heteroatoms. The highest BCUT2D eigenvalue weighted by Crippen LogP contribution is 2.32. The summed E-state index contributed by atoms with van der Waals surface area (Å²) in [5, 5.41) is 1.58. The minimum absolute atomic E-state index is 0.0131. The molecular formula is C18H22N6OS. The van der Waals surface area contributed by atoms with E-state index in [1.165, 1.54) is 11.5 Å². The number of likely N-dealkylation sites (tertiary alicyclic amines) is 1. The Balaban J connectivity index is 1.67. The summed E-state index contributed by atoms with van der Waals surface area (Å²) in [6.07, 6.45) is 2.07. The van der Waals surface area contributed by atoms with E-state index in [4.69, 9.17) is 4.98 Å². The molecule has 3 aromatic rings. The molecule has 4 rings (SSSR count). The monoisotopic (exact) mass is 370 g/mol. The maximum absolute atomic E-state index is 12.7. The fraction of sp³-hybridized carbons (Fsp3) is 0.444. The van der Waals surface area contributed by atoms with Crippen LogP contribution >= 0.6 is 11.5 Å². The van der Waals surface area contributed by atoms with Crippen LogP contribution in [0.15, 0.2) is 29.1 Å². The quantitative estimate of drug-likeness (QED) is 0.701. The lowest BCUT2D eigenvalue weighted by molar-refractivity contribution is 0.230. The molecule has 1 fully saturated rings. The van der Waals surface area contributed by atoms with Crippen LogP contribution in [0.4, 0.5) is 5.13 Å². The lowest BCUT2D eigenvalue weighted by Gasteiger charge is -2.24. The van der Waals surface area contributed by atoms with Crippen LogP contribution in [0, 0.1) is 0 Å². The number of para-hydroxylation sites is 1. The Morgan fingerprint density at radius 1 is 1.27 bits per heavy atom. The van der Waals surface area contributed by atoms with Crippen LogP contribution < -0.4 is 10.5 Å². The van der Waals surface area contributed by atoms with Gasteiger partial charge in [0, 0.05) is 32.7 Å². The van der Waals surface area contributed by atoms with Crippen LogP contribution in [-0.2, 0) is 13.6 Å². The van der Waals surface area contributed by atoms with Crippen molar-refractivity contribution in [1.29, 1.82) is 0 Å². The van der Waals surface area contributed by atoms with Crippen LogP contribution in [0.3, 0.4) is 0 Å². The maximum atomic E-state index is 12.7. The first-order valence-electron chi connectivity index (χ1n) is 8.74. The van der Waals surface area contributed by atoms with Gasteiger partial charge in [-0.25, -0.2) is 9.97 Å². The zero-order valence-electron chi connectivity index (χ0n) is 15.2. The molecule has 0 bridgehead atoms. The van der Waals surface area contributed by atoms with Gasteiger partial charge < -0.3 is 4.90 Å². The number of rotatable bonds is 4. The Hall–Kier alpha value is -2.32. The van der Waals surface area contributed by atoms with Gasteiger partial charge >= 0.3 is 0 Å². The first-order chi connectivity index (χ1) is 12.5. The summed E-state index contributed by atoms with van der Waals surface area (Å²) in [4.78, 5) is 26.4. The summed E-state index contributed by atoms with van der Waals surface area (Å²) in [5.74, 6) is 1.66. The van der Waals surface area contributed by atoms with E-state index >= 15 is 0 Å². The van der Waals surface area contributed by atoms with Gasteiger partial charge in [-0.1, -0.05) is 12.1 Å². The molecule has 0 spiro atoms. The van der Waals surface area contributed by atoms with Gasteiger partial charge in [-0.05, 0) is 31.5 Å². The van der Waals surface area contributed by atoms with E-state index in [1.54, 1.807) is 4.57 Å². The van der Waals surface area contributed by atoms with Crippen LogP contribution in [0.1, 0.15) is 30.5 Å². The number of nitrogens with zero attached hydrogens (tertiary/aromatic N) is 6. The highest BCUT2D eigenvalue weighted by Gasteiger charge is 2.30. The molecular weight excluding hydrogens is 348 g/mol. The second kappa shape index (κ2) is 6.77. The molecule has 0 N–H and O–H groups in total. The van der Waals surface area contributed by atoms with E-state index in [1.807, 2.05) is 50.3 Å². The third kappa shape index (κ3) is 2.99. The van der Waals surface area contributed by atoms with Crippen molar-refractivity contribution in [3.05, 3.63) is 46.3 Å². The summed E-state index contributed by atoms with van der Waals surface area (Å²) in [5.41, 5.74) is 0.776. The Morgan fingerprint density at radius 2 is 2.08 bits per heavy atom. The minimum Gasteiger partial charge on any atom is -0.353 e. The number of hydrogen-bond acceptors (Lipinski definition) is 7. The summed E-state index contributed by atoms with van der Waals surface area (Å²) in [7, 11) is 5.76. The van der Waals surface area contributed by atoms with Crippen molar-refractivity contribution in [2.75, 3.05) is 25.5 Å². The normalized spacial score (nSPS) is 17.9. The van der Waals surface area contributed by atoms with E-state index in [-0.39, 0.29) is 11.6 Å². The molecule has 7 nitrogen and oxygen atoms in total. The second-order valence-corrected chi connectivity index (χ2v) is 7.60. The van der Waals surface area contributed by atoms with Crippen molar-refractivity contribution in [2.45, 2.75) is 25.4 Å². The Morgan fingerprint density at radius 3 is 2.85 bits per heavy atom. The van der Waals surface area contributed by atoms with E-state index in [9.17, 15) is 4.79 Å². The average Bonchev–Trinajstić information content (AvgIpc) is 3.28. The molecule has 1 aliphatic rings. The Bertz CT molecular complexity index is 995. The molecule has 1 saturated heterocycles. The van der Waals surface area contributed by atoms with Crippen LogP contribution in [0.5, 0.6) is 0 Å². The fourth-order valence-corrected chi connectivity index (χ4v) is 4.11. The first kappa shape index (κ1) is 17.1. The predicted octanol–water partition coefficient (Wildman–Crippen LogP) is 2.19. The van der Waals surface area contributed by atoms with Gasteiger partial charge in [0.15, 0.2) is 5.82 Å². The number of anilines is 1. The molecule has 0 radical (unpaired) electrons. The molecule has 1 atom stereocenters. The van der Waals surface area contributed by atoms with Crippen molar-refractivity contribution in [1.82, 2.24) is 23.8 Å². The molecule has 26 heavy (non-hydrogen) atoms. The topological polar surface area (TPSA) is 67.2 Å². The first-order valence-corrected chi connectivity index (χ1v) is 9.51. The molecule has 2 aromatic heterocycles. The molecule has 1 aliphatic heterocycles. The number of fused-ring (bicyclic) bond motifs is 1. The second-order valence-electron chi connectivity index (χ2n) is 6.87. The smallest absolute Gasteiger partial charge is 0.261 e. The van der Waals surface area contributed by atoms with Gasteiger partial charge in [0.1, 0.15) is 5.82 Å². The Kier molecular flexibility index (Phi) is 4.46. The third-order valence-electron chi connectivity index (χ3n) is 4.86. The zero-order chi connectivity index (χ0) is 18.3. The molecule has 0 amide bonds. The molecule has 136 valence electrons. The van der Waals surface area contributed by atoms with Crippen molar-refractivity contribution in [3.8, 4) is 0 Å². The van der Waals surface area contributed by atoms with E-state index < -0.39 is 0 Å². The van der Waals surface area contributed by atoms with Gasteiger partial charge in [0.25, 0.3) is 5.56 Å². The lowest BCUT2D eigenvalue weighted by Crippen LogP contribution is -2.30. The molecule has 1 aromatic carbocycles. The molecule has 0 saturated carbocycles. The third-order valence-corrected chi connectivity index (χ3v) is 5.79. The largest absolute Gasteiger partial charge is 0.353 e. The summed E-state index contributed by atoms with van der Waals surface area (Å²) in [6, 6.07) is 7.66. The average molecular weight is 370 g/mol. The highest BCUT2D eigenvalue weighted by molar-refractivity contribution is 7.09. The van der Waals surface area contributed by atoms with E-state index in [2.05, 4.69) is 14.3 Å². The molecule has 3 heterocycles. The minimum atomic E-state index is 0.0131. The standard InChI is InChI=1S/C18H22N6OS/c1-22(2)18-20-15(21-26-18)11-24-10-6-9-14(24)16-19-13-8-5-4-7-12(13)17(25)23(16)3/h4-5,7-8,14H,6,9-11H2,1-3H3. The SMILES string of the molecule is CN(C)c1nc(CN2CCCC2c2nc3ccccc3c(=O)n2C)ns1. The van der Waals surface area contributed by atoms with Crippen LogP contribution in [0.25, 0.3) is 10.9 Å². The van der Waals surface area contributed by atoms with Crippen molar-refractivity contribution >= 4 is 27.6 Å². The van der Waals surface area contributed by atoms with Crippen molar-refractivity contribution < 1.29 is 0 Å². The zero-order valence-corrected chi connectivity index (χ0v) is 16.0. The highest BCUT2D eigenvalue weighted by atomic mass is 32.1. The van der Waals surface area contributed by atoms with Crippen LogP contribution in [-0.4, -0.2) is 44.4 Å². The summed E-state index contributed by atoms with van der Waals surface area (Å²) >= 11 is 1.41. The number of aromatic nitrogens is 4. The van der Waals surface area contributed by atoms with Crippen molar-refractivity contribution in [3.63, 3.8) is 0 Å². The van der Waals surface area contributed by atoms with Gasteiger partial charge in [0.2, 0.25) is 5.13 Å². The fourth-order valence-electron chi connectivity index (χ4n) is 3.51. The van der Waals surface area contributed by atoms with Gasteiger partial charge in [-0.15, -0.1) is 0 Å². The van der Waals surface area contributed by atoms with E-state index in [0.29, 0.717) is 11.9 Å². The van der Waals surface area contributed by atoms with Crippen molar-refractivity contribution in [2.24, 2.45) is 7.05 Å². The number of hydrogen-bond donors (Lipinski definition) is 0. The van der Waals surface area contributed by atoms with Gasteiger partial charge in [-0.3, -0.25) is 14.3 Å². The van der Waals surface area contributed by atoms with Crippen LogP contribution in [0.2, 0.25) is 0 Å². The number of benzene rings is 1. The predicted molar refractivity (Wildman–Crippen MR) is 104 cm³/mol. The lowest BCUT2D eigenvalue weighted by atomic mass is 10.1. The van der Waals surface area contributed by atoms with Gasteiger partial charge in [-0.2, -0.15) is 4.37 Å². The Labute approximate surface area is 156 Å². The van der Waals surface area contributed by atoms with E-state index in [0.717, 1.165) is 41.7 Å². The summed E-state index contributed by atoms with van der Waals surface area (Å²) in [6.45, 7) is 1.64. The maximum Gasteiger partial charge on any atom is 0.261 e. The van der Waals surface area contributed by atoms with Gasteiger partial charge in [0.05, 0.1) is 23.5 Å².